The van der Waals surface area contributed by atoms with Crippen molar-refractivity contribution in [3.63, 3.8) is 0 Å². The Morgan fingerprint density at radius 2 is 1.67 bits per heavy atom. The third kappa shape index (κ3) is 5.25. The number of hydrogen-bond acceptors (Lipinski definition) is 4. The van der Waals surface area contributed by atoms with E-state index in [0.29, 0.717) is 52.1 Å². The van der Waals surface area contributed by atoms with Crippen LogP contribution in [-0.4, -0.2) is 24.4 Å². The fourth-order valence-electron chi connectivity index (χ4n) is 11.9. The first-order valence-corrected chi connectivity index (χ1v) is 17.7. The Morgan fingerprint density at radius 1 is 1.00 bits per heavy atom. The molecule has 0 bridgehead atoms. The first kappa shape index (κ1) is 31.3. The lowest BCUT2D eigenvalue weighted by molar-refractivity contribution is -0.189. The van der Waals surface area contributed by atoms with Gasteiger partial charge in [-0.05, 0) is 134 Å². The van der Waals surface area contributed by atoms with E-state index in [4.69, 9.17) is 16.3 Å². The van der Waals surface area contributed by atoms with Gasteiger partial charge in [-0.2, -0.15) is 0 Å². The lowest BCUT2D eigenvalue weighted by Crippen LogP contribution is -2.60. The lowest BCUT2D eigenvalue weighted by Gasteiger charge is -2.67. The molecule has 1 aromatic carbocycles. The smallest absolute Gasteiger partial charge is 0.302 e. The molecule has 0 saturated heterocycles. The van der Waals surface area contributed by atoms with Crippen molar-refractivity contribution in [2.24, 2.45) is 51.8 Å². The highest BCUT2D eigenvalue weighted by atomic mass is 35.5. The maximum atomic E-state index is 13.8. The SMILES string of the molecule is CC(=O)OC1CCC2(C)C(CCC3(C)C4CCC5(CCNCc6ccc(Cl)cc6)CC(=O)C(C(C)C)=C5C4CCC32)C1C. The molecular weight excluding hydrogens is 554 g/mol. The Labute approximate surface area is 265 Å². The molecule has 0 aromatic heterocycles. The van der Waals surface area contributed by atoms with Crippen LogP contribution in [-0.2, 0) is 20.9 Å². The first-order valence-electron chi connectivity index (χ1n) is 17.3. The van der Waals surface area contributed by atoms with Gasteiger partial charge in [0.1, 0.15) is 6.10 Å². The van der Waals surface area contributed by atoms with Crippen molar-refractivity contribution < 1.29 is 14.3 Å². The molecule has 4 fully saturated rings. The van der Waals surface area contributed by atoms with E-state index >= 15 is 0 Å². The normalized spacial score (nSPS) is 40.5. The van der Waals surface area contributed by atoms with Crippen LogP contribution in [0.3, 0.4) is 0 Å². The van der Waals surface area contributed by atoms with Gasteiger partial charge in [0.2, 0.25) is 0 Å². The number of ether oxygens (including phenoxy) is 1. The van der Waals surface area contributed by atoms with Crippen molar-refractivity contribution in [3.05, 3.63) is 46.0 Å². The molecule has 5 heteroatoms. The summed E-state index contributed by atoms with van der Waals surface area (Å²) in [7, 11) is 0. The number of hydrogen-bond donors (Lipinski definition) is 1. The van der Waals surface area contributed by atoms with Crippen molar-refractivity contribution in [3.8, 4) is 0 Å². The Balaban J connectivity index is 1.24. The summed E-state index contributed by atoms with van der Waals surface area (Å²) in [6.45, 7) is 15.4. The van der Waals surface area contributed by atoms with Gasteiger partial charge in [0.15, 0.2) is 5.78 Å². The highest BCUT2D eigenvalue weighted by Gasteiger charge is 2.64. The largest absolute Gasteiger partial charge is 0.462 e. The zero-order valence-corrected chi connectivity index (χ0v) is 28.2. The van der Waals surface area contributed by atoms with Crippen molar-refractivity contribution in [2.45, 2.75) is 118 Å². The highest BCUT2D eigenvalue weighted by molar-refractivity contribution is 6.30. The average Bonchev–Trinajstić information content (AvgIpc) is 3.26. The number of rotatable bonds is 7. The molecule has 6 rings (SSSR count). The minimum Gasteiger partial charge on any atom is -0.462 e. The number of Topliss-reactive ketones (excluding diaryl/α,β-unsaturated/α-hetero) is 1. The summed E-state index contributed by atoms with van der Waals surface area (Å²) in [5.41, 5.74) is 4.68. The molecular formula is C38H54ClNO3. The van der Waals surface area contributed by atoms with Crippen molar-refractivity contribution in [2.75, 3.05) is 6.54 Å². The predicted molar refractivity (Wildman–Crippen MR) is 174 cm³/mol. The van der Waals surface area contributed by atoms with Crippen molar-refractivity contribution in [1.82, 2.24) is 5.32 Å². The summed E-state index contributed by atoms with van der Waals surface area (Å²) < 4.78 is 5.83. The van der Waals surface area contributed by atoms with E-state index in [1.807, 2.05) is 12.1 Å². The average molecular weight is 608 g/mol. The maximum absolute atomic E-state index is 13.8. The van der Waals surface area contributed by atoms with Crippen LogP contribution in [0.4, 0.5) is 0 Å². The fraction of sp³-hybridized carbons (Fsp3) is 0.737. The van der Waals surface area contributed by atoms with Gasteiger partial charge in [-0.25, -0.2) is 0 Å². The predicted octanol–water partition coefficient (Wildman–Crippen LogP) is 8.95. The zero-order valence-electron chi connectivity index (χ0n) is 27.4. The van der Waals surface area contributed by atoms with Gasteiger partial charge in [-0.3, -0.25) is 9.59 Å². The topological polar surface area (TPSA) is 55.4 Å². The van der Waals surface area contributed by atoms with Crippen LogP contribution in [0.2, 0.25) is 5.02 Å². The number of nitrogens with one attached hydrogen (secondary N) is 1. The molecule has 5 aliphatic rings. The number of carbonyl (C=O) groups excluding carboxylic acids is 2. The van der Waals surface area contributed by atoms with Crippen LogP contribution in [0.15, 0.2) is 35.4 Å². The number of fused-ring (bicyclic) bond motifs is 7. The van der Waals surface area contributed by atoms with Gasteiger partial charge < -0.3 is 10.1 Å². The van der Waals surface area contributed by atoms with Gasteiger partial charge in [-0.1, -0.05) is 63.9 Å². The summed E-state index contributed by atoms with van der Waals surface area (Å²) in [6, 6.07) is 8.11. The molecule has 0 spiro atoms. The molecule has 0 radical (unpaired) electrons. The quantitative estimate of drug-likeness (QED) is 0.248. The number of benzene rings is 1. The molecule has 9 atom stereocenters. The second-order valence-electron chi connectivity index (χ2n) is 16.0. The molecule has 0 heterocycles. The Morgan fingerprint density at radius 3 is 2.37 bits per heavy atom. The van der Waals surface area contributed by atoms with Crippen LogP contribution >= 0.6 is 11.6 Å². The third-order valence-electron chi connectivity index (χ3n) is 13.6. The van der Waals surface area contributed by atoms with Crippen LogP contribution in [0.25, 0.3) is 0 Å². The van der Waals surface area contributed by atoms with E-state index in [-0.39, 0.29) is 17.5 Å². The minimum atomic E-state index is -0.132. The number of carbonyl (C=O) groups is 2. The second-order valence-corrected chi connectivity index (χ2v) is 16.4. The van der Waals surface area contributed by atoms with Gasteiger partial charge >= 0.3 is 5.97 Å². The van der Waals surface area contributed by atoms with Crippen LogP contribution < -0.4 is 5.32 Å². The fourth-order valence-corrected chi connectivity index (χ4v) is 12.0. The van der Waals surface area contributed by atoms with E-state index in [2.05, 4.69) is 52.1 Å². The van der Waals surface area contributed by atoms with E-state index in [9.17, 15) is 9.59 Å². The number of ketones is 1. The second kappa shape index (κ2) is 11.6. The molecule has 0 amide bonds. The Hall–Kier alpha value is -1.65. The molecule has 4 saturated carbocycles. The first-order chi connectivity index (χ1) is 20.4. The Bertz CT molecular complexity index is 1270. The van der Waals surface area contributed by atoms with Gasteiger partial charge in [-0.15, -0.1) is 0 Å². The van der Waals surface area contributed by atoms with Crippen LogP contribution in [0.5, 0.6) is 0 Å². The van der Waals surface area contributed by atoms with Crippen molar-refractivity contribution >= 4 is 23.4 Å². The lowest BCUT2D eigenvalue weighted by atomic mass is 9.38. The number of halogens is 1. The summed E-state index contributed by atoms with van der Waals surface area (Å²) in [4.78, 5) is 25.6. The molecule has 1 aromatic rings. The number of esters is 1. The minimum absolute atomic E-state index is 0.0335. The standard InChI is InChI=1S/C38H54ClNO3/c1-23(2)34-31(42)21-38(19-20-40-22-26-7-9-27(39)10-8-26)18-14-30-28(35(34)38)11-12-33-36(5)17-15-32(43-25(4)41)24(3)29(36)13-16-37(30,33)6/h7-10,23-24,28-30,32-33,40H,11-22H2,1-6H3. The molecule has 43 heavy (non-hydrogen) atoms. The van der Waals surface area contributed by atoms with Crippen LogP contribution in [0.1, 0.15) is 111 Å². The van der Waals surface area contributed by atoms with Gasteiger partial charge in [0.25, 0.3) is 0 Å². The molecule has 236 valence electrons. The van der Waals surface area contributed by atoms with Gasteiger partial charge in [0.05, 0.1) is 0 Å². The van der Waals surface area contributed by atoms with Crippen LogP contribution in [0, 0.1) is 51.8 Å². The third-order valence-corrected chi connectivity index (χ3v) is 13.9. The Kier molecular flexibility index (Phi) is 8.46. The van der Waals surface area contributed by atoms with E-state index in [1.54, 1.807) is 12.5 Å². The molecule has 5 aliphatic carbocycles. The monoisotopic (exact) mass is 607 g/mol. The van der Waals surface area contributed by atoms with Gasteiger partial charge in [0, 0.05) is 30.3 Å². The summed E-state index contributed by atoms with van der Waals surface area (Å²) in [6.07, 6.45) is 11.4. The highest BCUT2D eigenvalue weighted by Crippen LogP contribution is 2.72. The maximum Gasteiger partial charge on any atom is 0.302 e. The van der Waals surface area contributed by atoms with E-state index < -0.39 is 0 Å². The molecule has 9 unspecified atom stereocenters. The zero-order chi connectivity index (χ0) is 30.7. The summed E-state index contributed by atoms with van der Waals surface area (Å²) in [5, 5.41) is 4.48. The molecule has 1 N–H and O–H groups in total. The summed E-state index contributed by atoms with van der Waals surface area (Å²) in [5.74, 6) is 3.55. The van der Waals surface area contributed by atoms with E-state index in [1.165, 1.54) is 49.7 Å². The molecule has 0 aliphatic heterocycles. The van der Waals surface area contributed by atoms with E-state index in [0.717, 1.165) is 43.8 Å². The number of allylic oxidation sites excluding steroid dienone is 2. The summed E-state index contributed by atoms with van der Waals surface area (Å²) >= 11 is 6.09. The molecule has 4 nitrogen and oxygen atoms in total. The van der Waals surface area contributed by atoms with Crippen molar-refractivity contribution in [1.29, 1.82) is 0 Å².